The van der Waals surface area contributed by atoms with Crippen molar-refractivity contribution in [2.24, 2.45) is 5.10 Å². The normalized spacial score (nSPS) is 10.8. The van der Waals surface area contributed by atoms with E-state index in [2.05, 4.69) is 34.0 Å². The molecule has 2 N–H and O–H groups in total. The first-order chi connectivity index (χ1) is 17.5. The van der Waals surface area contributed by atoms with Gasteiger partial charge < -0.3 is 14.8 Å². The summed E-state index contributed by atoms with van der Waals surface area (Å²) in [4.78, 5) is 24.1. The molecular formula is C28H24ClN3O4. The number of hydrazone groups is 1. The highest BCUT2D eigenvalue weighted by molar-refractivity contribution is 6.33. The predicted molar refractivity (Wildman–Crippen MR) is 142 cm³/mol. The molecule has 0 aliphatic heterocycles. The summed E-state index contributed by atoms with van der Waals surface area (Å²) in [5.74, 6) is 0.0652. The number of fused-ring (bicyclic) bond motifs is 1. The quantitative estimate of drug-likeness (QED) is 0.178. The number of hydrogen-bond donors (Lipinski definition) is 2. The van der Waals surface area contributed by atoms with Gasteiger partial charge in [-0.25, -0.2) is 5.43 Å². The maximum Gasteiger partial charge on any atom is 0.249 e. The summed E-state index contributed by atoms with van der Waals surface area (Å²) in [5, 5.41) is 9.20. The fourth-order valence-electron chi connectivity index (χ4n) is 3.58. The molecule has 4 aromatic rings. The van der Waals surface area contributed by atoms with Crippen molar-refractivity contribution in [2.75, 3.05) is 12.4 Å². The Bertz CT molecular complexity index is 1420. The van der Waals surface area contributed by atoms with Gasteiger partial charge >= 0.3 is 0 Å². The number of para-hydroxylation sites is 1. The van der Waals surface area contributed by atoms with E-state index in [4.69, 9.17) is 21.1 Å². The van der Waals surface area contributed by atoms with E-state index < -0.39 is 18.2 Å². The van der Waals surface area contributed by atoms with Gasteiger partial charge in [0.2, 0.25) is 11.8 Å². The number of carbonyl (C=O) groups is 2. The van der Waals surface area contributed by atoms with E-state index in [1.54, 1.807) is 49.6 Å². The fourth-order valence-corrected chi connectivity index (χ4v) is 3.76. The van der Waals surface area contributed by atoms with Crippen LogP contribution in [0.3, 0.4) is 0 Å². The summed E-state index contributed by atoms with van der Waals surface area (Å²) in [5.41, 5.74) is 4.54. The highest BCUT2D eigenvalue weighted by Gasteiger charge is 2.11. The van der Waals surface area contributed by atoms with E-state index in [1.165, 1.54) is 6.21 Å². The molecule has 4 rings (SSSR count). The molecule has 0 aliphatic carbocycles. The average Bonchev–Trinajstić information content (AvgIpc) is 2.89. The van der Waals surface area contributed by atoms with Crippen LogP contribution in [-0.4, -0.2) is 25.1 Å². The molecule has 0 fully saturated rings. The lowest BCUT2D eigenvalue weighted by Crippen LogP contribution is -2.24. The third kappa shape index (κ3) is 6.40. The van der Waals surface area contributed by atoms with Crippen LogP contribution in [-0.2, 0) is 16.2 Å². The summed E-state index contributed by atoms with van der Waals surface area (Å²) in [6.07, 6.45) is 1.06. The third-order valence-electron chi connectivity index (χ3n) is 5.32. The van der Waals surface area contributed by atoms with E-state index in [0.717, 1.165) is 16.3 Å². The van der Waals surface area contributed by atoms with Crippen LogP contribution >= 0.6 is 11.6 Å². The minimum absolute atomic E-state index is 0.386. The molecule has 2 amide bonds. The molecule has 7 nitrogen and oxygen atoms in total. The van der Waals surface area contributed by atoms with Crippen LogP contribution in [0, 0.1) is 0 Å². The molecule has 8 heteroatoms. The summed E-state index contributed by atoms with van der Waals surface area (Å²) >= 11 is 6.01. The lowest BCUT2D eigenvalue weighted by Gasteiger charge is -2.12. The van der Waals surface area contributed by atoms with Crippen molar-refractivity contribution >= 4 is 46.1 Å². The van der Waals surface area contributed by atoms with Crippen molar-refractivity contribution in [3.63, 3.8) is 0 Å². The lowest BCUT2D eigenvalue weighted by atomic mass is 10.1. The number of ether oxygens (including phenoxy) is 2. The highest BCUT2D eigenvalue weighted by atomic mass is 35.5. The van der Waals surface area contributed by atoms with Gasteiger partial charge in [0.25, 0.3) is 0 Å². The highest BCUT2D eigenvalue weighted by Crippen LogP contribution is 2.29. The molecule has 0 atom stereocenters. The summed E-state index contributed by atoms with van der Waals surface area (Å²) in [6.45, 7) is 0.386. The van der Waals surface area contributed by atoms with Crippen molar-refractivity contribution in [3.8, 4) is 11.5 Å². The average molecular weight is 502 g/mol. The van der Waals surface area contributed by atoms with Crippen molar-refractivity contribution < 1.29 is 19.1 Å². The van der Waals surface area contributed by atoms with Crippen LogP contribution in [0.4, 0.5) is 5.69 Å². The second-order valence-electron chi connectivity index (χ2n) is 7.84. The van der Waals surface area contributed by atoms with E-state index in [-0.39, 0.29) is 0 Å². The molecule has 0 heterocycles. The summed E-state index contributed by atoms with van der Waals surface area (Å²) in [6, 6.07) is 26.4. The number of rotatable bonds is 9. The standard InChI is InChI=1S/C28H24ClN3O4/c1-35-26-15-19(17-30-32-28(34)16-27(33)31-24-12-5-4-11-23(24)29)13-14-25(26)36-18-21-9-6-8-20-7-2-3-10-22(20)21/h2-15,17H,16,18H2,1H3,(H,31,33)(H,32,34). The van der Waals surface area contributed by atoms with Gasteiger partial charge in [-0.15, -0.1) is 0 Å². The summed E-state index contributed by atoms with van der Waals surface area (Å²) < 4.78 is 11.5. The molecule has 4 aromatic carbocycles. The first kappa shape index (κ1) is 24.8. The molecular weight excluding hydrogens is 478 g/mol. The van der Waals surface area contributed by atoms with Crippen LogP contribution in [0.1, 0.15) is 17.5 Å². The zero-order valence-electron chi connectivity index (χ0n) is 19.5. The molecule has 0 radical (unpaired) electrons. The Morgan fingerprint density at radius 3 is 2.53 bits per heavy atom. The number of anilines is 1. The van der Waals surface area contributed by atoms with E-state index in [0.29, 0.717) is 34.4 Å². The molecule has 0 aromatic heterocycles. The van der Waals surface area contributed by atoms with Gasteiger partial charge in [0.1, 0.15) is 13.0 Å². The molecule has 0 unspecified atom stereocenters. The molecule has 0 spiro atoms. The summed E-state index contributed by atoms with van der Waals surface area (Å²) in [7, 11) is 1.56. The fraction of sp³-hybridized carbons (Fsp3) is 0.107. The maximum absolute atomic E-state index is 12.1. The lowest BCUT2D eigenvalue weighted by molar-refractivity contribution is -0.126. The van der Waals surface area contributed by atoms with Crippen molar-refractivity contribution in [2.45, 2.75) is 13.0 Å². The van der Waals surface area contributed by atoms with Gasteiger partial charge in [0, 0.05) is 0 Å². The van der Waals surface area contributed by atoms with E-state index in [9.17, 15) is 9.59 Å². The number of carbonyl (C=O) groups excluding carboxylic acids is 2. The second kappa shape index (κ2) is 11.9. The van der Waals surface area contributed by atoms with Crippen molar-refractivity contribution in [3.05, 3.63) is 101 Å². The van der Waals surface area contributed by atoms with Crippen molar-refractivity contribution in [1.82, 2.24) is 5.43 Å². The Kier molecular flexibility index (Phi) is 8.16. The number of hydrogen-bond acceptors (Lipinski definition) is 5. The topological polar surface area (TPSA) is 89.0 Å². The number of amides is 2. The predicted octanol–water partition coefficient (Wildman–Crippen LogP) is 5.56. The Hall–Kier alpha value is -4.36. The van der Waals surface area contributed by atoms with Gasteiger partial charge in [-0.1, -0.05) is 66.2 Å². The van der Waals surface area contributed by atoms with Gasteiger partial charge in [0.15, 0.2) is 11.5 Å². The number of nitrogens with one attached hydrogen (secondary N) is 2. The molecule has 0 saturated heterocycles. The van der Waals surface area contributed by atoms with Crippen LogP contribution in [0.2, 0.25) is 5.02 Å². The monoisotopic (exact) mass is 501 g/mol. The van der Waals surface area contributed by atoms with E-state index in [1.807, 2.05) is 24.3 Å². The number of nitrogens with zero attached hydrogens (tertiary/aromatic N) is 1. The molecule has 0 aliphatic rings. The van der Waals surface area contributed by atoms with Crippen LogP contribution in [0.15, 0.2) is 90.0 Å². The van der Waals surface area contributed by atoms with Crippen molar-refractivity contribution in [1.29, 1.82) is 0 Å². The maximum atomic E-state index is 12.1. The van der Waals surface area contributed by atoms with E-state index >= 15 is 0 Å². The van der Waals surface area contributed by atoms with Gasteiger partial charge in [-0.2, -0.15) is 5.10 Å². The number of benzene rings is 4. The van der Waals surface area contributed by atoms with Crippen LogP contribution in [0.5, 0.6) is 11.5 Å². The van der Waals surface area contributed by atoms with Gasteiger partial charge in [-0.05, 0) is 52.2 Å². The number of methoxy groups -OCH3 is 1. The van der Waals surface area contributed by atoms with Gasteiger partial charge in [0.05, 0.1) is 24.0 Å². The second-order valence-corrected chi connectivity index (χ2v) is 8.24. The first-order valence-corrected chi connectivity index (χ1v) is 11.5. The Labute approximate surface area is 213 Å². The molecule has 0 bridgehead atoms. The Balaban J connectivity index is 1.33. The third-order valence-corrected chi connectivity index (χ3v) is 5.65. The Morgan fingerprint density at radius 1 is 0.917 bits per heavy atom. The Morgan fingerprint density at radius 2 is 1.69 bits per heavy atom. The van der Waals surface area contributed by atoms with Gasteiger partial charge in [-0.3, -0.25) is 9.59 Å². The molecule has 36 heavy (non-hydrogen) atoms. The minimum atomic E-state index is -0.558. The smallest absolute Gasteiger partial charge is 0.249 e. The molecule has 182 valence electrons. The first-order valence-electron chi connectivity index (χ1n) is 11.2. The van der Waals surface area contributed by atoms with Crippen LogP contribution in [0.25, 0.3) is 10.8 Å². The molecule has 0 saturated carbocycles. The zero-order valence-corrected chi connectivity index (χ0v) is 20.3. The largest absolute Gasteiger partial charge is 0.493 e. The number of halogens is 1. The minimum Gasteiger partial charge on any atom is -0.493 e. The SMILES string of the molecule is COc1cc(C=NNC(=O)CC(=O)Nc2ccccc2Cl)ccc1OCc1cccc2ccccc12. The van der Waals surface area contributed by atoms with Crippen LogP contribution < -0.4 is 20.2 Å². The zero-order chi connectivity index (χ0) is 25.3.